The summed E-state index contributed by atoms with van der Waals surface area (Å²) < 4.78 is 0. The van der Waals surface area contributed by atoms with Gasteiger partial charge in [0.25, 0.3) is 0 Å². The van der Waals surface area contributed by atoms with Crippen molar-refractivity contribution in [3.05, 3.63) is 89.9 Å². The summed E-state index contributed by atoms with van der Waals surface area (Å²) in [6.07, 6.45) is 11.4. The summed E-state index contributed by atoms with van der Waals surface area (Å²) in [4.78, 5) is 9.83. The third kappa shape index (κ3) is 6.79. The highest BCUT2D eigenvalue weighted by atomic mass is 32.1. The maximum atomic E-state index is 5.88. The summed E-state index contributed by atoms with van der Waals surface area (Å²) >= 11 is 4.11. The van der Waals surface area contributed by atoms with Crippen molar-refractivity contribution in [2.24, 2.45) is 0 Å². The van der Waals surface area contributed by atoms with E-state index >= 15 is 0 Å². The summed E-state index contributed by atoms with van der Waals surface area (Å²) in [7, 11) is 0. The molecule has 0 fully saturated rings. The van der Waals surface area contributed by atoms with Crippen LogP contribution in [0.1, 0.15) is 13.3 Å². The van der Waals surface area contributed by atoms with Crippen LogP contribution in [0.25, 0.3) is 22.6 Å². The Balaban J connectivity index is 0.000000266. The third-order valence-electron chi connectivity index (χ3n) is 3.67. The van der Waals surface area contributed by atoms with Gasteiger partial charge in [-0.15, -0.1) is 25.0 Å². The van der Waals surface area contributed by atoms with Crippen LogP contribution in [-0.2, 0) is 0 Å². The molecule has 1 heterocycles. The lowest BCUT2D eigenvalue weighted by molar-refractivity contribution is 1.19. The molecule has 0 saturated carbocycles. The molecule has 3 rings (SSSR count). The number of aromatic nitrogens is 2. The van der Waals surface area contributed by atoms with Crippen molar-refractivity contribution < 1.29 is 0 Å². The number of hydrogen-bond donors (Lipinski definition) is 2. The second kappa shape index (κ2) is 11.4. The normalized spacial score (nSPS) is 10.8. The maximum Gasteiger partial charge on any atom is 0.162 e. The minimum Gasteiger partial charge on any atom is -0.384 e. The average molecular weight is 386 g/mol. The van der Waals surface area contributed by atoms with Crippen LogP contribution >= 0.6 is 12.6 Å². The van der Waals surface area contributed by atoms with Crippen LogP contribution in [0.3, 0.4) is 0 Å². The predicted molar refractivity (Wildman–Crippen MR) is 123 cm³/mol. The standard InChI is InChI=1S/C16H13N3.C8H10S/c17-15-11-14(12-7-3-1-4-8-12)18-16(19-15)13-9-5-2-6-10-13;1-3-5-6-7-8(9)4-2/h1-11H,(H2,17,18,19);1,4,6-7,9H,5H2,2H3/b;7-6-,8-4+. The average Bonchev–Trinajstić information content (AvgIpc) is 2.75. The van der Waals surface area contributed by atoms with Crippen molar-refractivity contribution >= 4 is 18.4 Å². The second-order valence-corrected chi connectivity index (χ2v) is 6.27. The number of nitrogens with zero attached hydrogens (tertiary/aromatic N) is 2. The van der Waals surface area contributed by atoms with Crippen molar-refractivity contribution in [1.29, 1.82) is 0 Å². The smallest absolute Gasteiger partial charge is 0.162 e. The molecule has 0 saturated heterocycles. The monoisotopic (exact) mass is 385 g/mol. The number of allylic oxidation sites excluding steroid dienone is 3. The first kappa shape index (κ1) is 21.0. The Morgan fingerprint density at radius 3 is 2.21 bits per heavy atom. The molecule has 2 N–H and O–H groups in total. The highest BCUT2D eigenvalue weighted by Crippen LogP contribution is 2.22. The second-order valence-electron chi connectivity index (χ2n) is 5.76. The van der Waals surface area contributed by atoms with Gasteiger partial charge in [0.15, 0.2) is 5.82 Å². The fourth-order valence-electron chi connectivity index (χ4n) is 2.28. The summed E-state index contributed by atoms with van der Waals surface area (Å²) in [6, 6.07) is 21.6. The minimum absolute atomic E-state index is 0.479. The number of hydrogen-bond acceptors (Lipinski definition) is 4. The molecule has 0 radical (unpaired) electrons. The predicted octanol–water partition coefficient (Wildman–Crippen LogP) is 5.79. The molecular formula is C24H23N3S. The van der Waals surface area contributed by atoms with Gasteiger partial charge in [-0.25, -0.2) is 9.97 Å². The van der Waals surface area contributed by atoms with Gasteiger partial charge in [-0.2, -0.15) is 0 Å². The number of thiol groups is 1. The Kier molecular flexibility index (Phi) is 8.58. The van der Waals surface area contributed by atoms with E-state index in [1.807, 2.05) is 85.8 Å². The lowest BCUT2D eigenvalue weighted by atomic mass is 10.1. The Bertz CT molecular complexity index is 914. The Labute approximate surface area is 172 Å². The number of rotatable bonds is 4. The molecule has 28 heavy (non-hydrogen) atoms. The highest BCUT2D eigenvalue weighted by molar-refractivity contribution is 7.84. The number of benzene rings is 2. The minimum atomic E-state index is 0.479. The lowest BCUT2D eigenvalue weighted by Gasteiger charge is -2.06. The summed E-state index contributed by atoms with van der Waals surface area (Å²) in [5.41, 5.74) is 8.72. The van der Waals surface area contributed by atoms with Crippen LogP contribution in [0.4, 0.5) is 5.82 Å². The largest absolute Gasteiger partial charge is 0.384 e. The summed E-state index contributed by atoms with van der Waals surface area (Å²) in [6.45, 7) is 1.93. The van der Waals surface area contributed by atoms with E-state index in [0.29, 0.717) is 18.1 Å². The van der Waals surface area contributed by atoms with Gasteiger partial charge in [0.1, 0.15) is 5.82 Å². The zero-order valence-electron chi connectivity index (χ0n) is 15.8. The van der Waals surface area contributed by atoms with Crippen LogP contribution < -0.4 is 5.73 Å². The van der Waals surface area contributed by atoms with E-state index in [1.165, 1.54) is 0 Å². The van der Waals surface area contributed by atoms with Crippen LogP contribution in [0.15, 0.2) is 89.9 Å². The quantitative estimate of drug-likeness (QED) is 0.339. The molecule has 2 aromatic carbocycles. The zero-order valence-corrected chi connectivity index (χ0v) is 16.7. The van der Waals surface area contributed by atoms with Crippen molar-refractivity contribution in [3.63, 3.8) is 0 Å². The molecule has 0 aliphatic rings. The molecule has 0 aliphatic carbocycles. The van der Waals surface area contributed by atoms with Crippen LogP contribution in [0.5, 0.6) is 0 Å². The van der Waals surface area contributed by atoms with Gasteiger partial charge >= 0.3 is 0 Å². The number of nitrogen functional groups attached to an aromatic ring is 1. The van der Waals surface area contributed by atoms with Crippen LogP contribution in [0.2, 0.25) is 0 Å². The third-order valence-corrected chi connectivity index (χ3v) is 4.07. The van der Waals surface area contributed by atoms with Gasteiger partial charge in [0, 0.05) is 23.6 Å². The molecule has 3 nitrogen and oxygen atoms in total. The van der Waals surface area contributed by atoms with E-state index in [9.17, 15) is 0 Å². The maximum absolute atomic E-state index is 5.88. The Morgan fingerprint density at radius 1 is 1.04 bits per heavy atom. The molecule has 4 heteroatoms. The van der Waals surface area contributed by atoms with E-state index in [4.69, 9.17) is 12.2 Å². The van der Waals surface area contributed by atoms with E-state index in [-0.39, 0.29) is 0 Å². The first-order chi connectivity index (χ1) is 13.6. The van der Waals surface area contributed by atoms with Crippen molar-refractivity contribution in [3.8, 4) is 35.0 Å². The molecule has 1 aromatic heterocycles. The van der Waals surface area contributed by atoms with Crippen molar-refractivity contribution in [2.75, 3.05) is 5.73 Å². The lowest BCUT2D eigenvalue weighted by Crippen LogP contribution is -1.97. The molecule has 0 spiro atoms. The number of anilines is 1. The van der Waals surface area contributed by atoms with Gasteiger partial charge in [-0.05, 0) is 11.8 Å². The van der Waals surface area contributed by atoms with Crippen molar-refractivity contribution in [1.82, 2.24) is 9.97 Å². The van der Waals surface area contributed by atoms with Gasteiger partial charge in [0.05, 0.1) is 5.69 Å². The Morgan fingerprint density at radius 2 is 1.64 bits per heavy atom. The van der Waals surface area contributed by atoms with Gasteiger partial charge in [-0.3, -0.25) is 0 Å². The van der Waals surface area contributed by atoms with Gasteiger partial charge in [-0.1, -0.05) is 78.9 Å². The van der Waals surface area contributed by atoms with E-state index < -0.39 is 0 Å². The number of terminal acetylenes is 1. The van der Waals surface area contributed by atoms with E-state index in [2.05, 4.69) is 28.5 Å². The van der Waals surface area contributed by atoms with Crippen LogP contribution in [-0.4, -0.2) is 9.97 Å². The van der Waals surface area contributed by atoms with E-state index in [1.54, 1.807) is 6.07 Å². The van der Waals surface area contributed by atoms with E-state index in [0.717, 1.165) is 21.7 Å². The molecule has 0 unspecified atom stereocenters. The fourth-order valence-corrected chi connectivity index (χ4v) is 2.39. The first-order valence-corrected chi connectivity index (χ1v) is 9.29. The van der Waals surface area contributed by atoms with Crippen LogP contribution in [0, 0.1) is 12.3 Å². The zero-order chi connectivity index (χ0) is 20.2. The fraction of sp³-hybridized carbons (Fsp3) is 0.0833. The first-order valence-electron chi connectivity index (χ1n) is 8.84. The SMILES string of the molecule is C#CC/C=C\C(S)=C/C.Nc1cc(-c2ccccc2)nc(-c2ccccc2)n1. The van der Waals surface area contributed by atoms with Gasteiger partial charge < -0.3 is 5.73 Å². The molecule has 0 aliphatic heterocycles. The molecule has 0 atom stereocenters. The van der Waals surface area contributed by atoms with Crippen molar-refractivity contribution in [2.45, 2.75) is 13.3 Å². The topological polar surface area (TPSA) is 51.8 Å². The molecule has 0 amide bonds. The highest BCUT2D eigenvalue weighted by Gasteiger charge is 2.06. The molecule has 0 bridgehead atoms. The molecule has 3 aromatic rings. The number of nitrogens with two attached hydrogens (primary N) is 1. The van der Waals surface area contributed by atoms with Gasteiger partial charge in [0.2, 0.25) is 0 Å². The molecule has 140 valence electrons. The summed E-state index contributed by atoms with van der Waals surface area (Å²) in [5.74, 6) is 3.63. The summed E-state index contributed by atoms with van der Waals surface area (Å²) in [5, 5.41) is 0. The molecular weight excluding hydrogens is 362 g/mol. The Hall–Kier alpha value is -3.29.